The van der Waals surface area contributed by atoms with Crippen molar-refractivity contribution in [2.45, 2.75) is 52.1 Å². The molecule has 0 aliphatic carbocycles. The first-order chi connectivity index (χ1) is 5.52. The number of methoxy groups -OCH3 is 1. The molecule has 0 radical (unpaired) electrons. The highest BCUT2D eigenvalue weighted by Gasteiger charge is 2.17. The van der Waals surface area contributed by atoms with Gasteiger partial charge in [-0.05, 0) is 26.7 Å². The molecular formula is C10H20O2. The first-order valence-corrected chi connectivity index (χ1v) is 4.58. The van der Waals surface area contributed by atoms with Gasteiger partial charge >= 0.3 is 0 Å². The molecule has 0 spiro atoms. The summed E-state index contributed by atoms with van der Waals surface area (Å²) in [5.41, 5.74) is -0.149. The molecule has 0 saturated heterocycles. The minimum Gasteiger partial charge on any atom is -0.379 e. The summed E-state index contributed by atoms with van der Waals surface area (Å²) in [7, 11) is 1.68. The van der Waals surface area contributed by atoms with Crippen molar-refractivity contribution in [3.05, 3.63) is 0 Å². The van der Waals surface area contributed by atoms with Crippen LogP contribution in [0.5, 0.6) is 0 Å². The van der Waals surface area contributed by atoms with Crippen LogP contribution in [0.3, 0.4) is 0 Å². The van der Waals surface area contributed by atoms with E-state index in [1.54, 1.807) is 7.11 Å². The smallest absolute Gasteiger partial charge is 0.133 e. The van der Waals surface area contributed by atoms with E-state index in [1.807, 2.05) is 20.8 Å². The fraction of sp³-hybridized carbons (Fsp3) is 0.900. The fourth-order valence-electron chi connectivity index (χ4n) is 0.946. The van der Waals surface area contributed by atoms with E-state index < -0.39 is 0 Å². The van der Waals surface area contributed by atoms with Crippen LogP contribution in [0, 0.1) is 0 Å². The molecule has 0 amide bonds. The molecule has 0 bridgehead atoms. The van der Waals surface area contributed by atoms with Crippen molar-refractivity contribution in [2.24, 2.45) is 0 Å². The Morgan fingerprint density at radius 1 is 1.33 bits per heavy atom. The zero-order chi connectivity index (χ0) is 9.61. The molecular weight excluding hydrogens is 152 g/mol. The number of hydrogen-bond acceptors (Lipinski definition) is 2. The van der Waals surface area contributed by atoms with Crippen LogP contribution in [0.15, 0.2) is 0 Å². The van der Waals surface area contributed by atoms with Crippen molar-refractivity contribution in [2.75, 3.05) is 7.11 Å². The Bertz CT molecular complexity index is 139. The highest BCUT2D eigenvalue weighted by atomic mass is 16.5. The van der Waals surface area contributed by atoms with E-state index in [4.69, 9.17) is 4.74 Å². The summed E-state index contributed by atoms with van der Waals surface area (Å²) >= 11 is 0. The Kier molecular flexibility index (Phi) is 5.14. The summed E-state index contributed by atoms with van der Waals surface area (Å²) in [4.78, 5) is 11.2. The lowest BCUT2D eigenvalue weighted by atomic mass is 9.99. The van der Waals surface area contributed by atoms with Crippen molar-refractivity contribution < 1.29 is 9.53 Å². The van der Waals surface area contributed by atoms with Crippen molar-refractivity contribution in [3.63, 3.8) is 0 Å². The van der Waals surface area contributed by atoms with Gasteiger partial charge in [-0.1, -0.05) is 6.92 Å². The lowest BCUT2D eigenvalue weighted by Crippen LogP contribution is -2.23. The molecule has 0 saturated carbocycles. The van der Waals surface area contributed by atoms with E-state index in [0.29, 0.717) is 18.6 Å². The van der Waals surface area contributed by atoms with Crippen molar-refractivity contribution >= 4 is 5.78 Å². The van der Waals surface area contributed by atoms with Gasteiger partial charge in [-0.25, -0.2) is 0 Å². The van der Waals surface area contributed by atoms with E-state index >= 15 is 0 Å². The molecule has 72 valence electrons. The van der Waals surface area contributed by atoms with Gasteiger partial charge in [-0.3, -0.25) is 4.79 Å². The minimum atomic E-state index is -0.149. The predicted octanol–water partition coefficient (Wildman–Crippen LogP) is 2.56. The average molecular weight is 172 g/mol. The number of Topliss-reactive ketones (excluding diaryl/α,β-unsaturated/α-hetero) is 1. The van der Waals surface area contributed by atoms with Gasteiger partial charge < -0.3 is 4.74 Å². The molecule has 0 fully saturated rings. The van der Waals surface area contributed by atoms with E-state index in [9.17, 15) is 4.79 Å². The SMILES string of the molecule is CCCC(=O)CCC(C)(C)OC. The van der Waals surface area contributed by atoms with Gasteiger partial charge in [-0.2, -0.15) is 0 Å². The maximum Gasteiger partial charge on any atom is 0.133 e. The number of carbonyl (C=O) groups excluding carboxylic acids is 1. The molecule has 12 heavy (non-hydrogen) atoms. The quantitative estimate of drug-likeness (QED) is 0.615. The Balaban J connectivity index is 3.60. The average Bonchev–Trinajstić information content (AvgIpc) is 2.02. The van der Waals surface area contributed by atoms with E-state index in [0.717, 1.165) is 12.8 Å². The third kappa shape index (κ3) is 5.30. The van der Waals surface area contributed by atoms with Gasteiger partial charge in [0.05, 0.1) is 5.60 Å². The van der Waals surface area contributed by atoms with Crippen LogP contribution in [0.25, 0.3) is 0 Å². The highest BCUT2D eigenvalue weighted by molar-refractivity contribution is 5.78. The molecule has 0 aliphatic rings. The van der Waals surface area contributed by atoms with Crippen LogP contribution in [0.2, 0.25) is 0 Å². The lowest BCUT2D eigenvalue weighted by molar-refractivity contribution is -0.120. The molecule has 0 aromatic carbocycles. The van der Waals surface area contributed by atoms with E-state index in [-0.39, 0.29) is 5.60 Å². The predicted molar refractivity (Wildman–Crippen MR) is 50.2 cm³/mol. The standard InChI is InChI=1S/C10H20O2/c1-5-6-9(11)7-8-10(2,3)12-4/h5-8H2,1-4H3. The molecule has 0 atom stereocenters. The zero-order valence-electron chi connectivity index (χ0n) is 8.64. The number of ether oxygens (including phenoxy) is 1. The maximum atomic E-state index is 11.2. The summed E-state index contributed by atoms with van der Waals surface area (Å²) in [6.45, 7) is 6.04. The van der Waals surface area contributed by atoms with E-state index in [2.05, 4.69) is 0 Å². The molecule has 2 nitrogen and oxygen atoms in total. The van der Waals surface area contributed by atoms with E-state index in [1.165, 1.54) is 0 Å². The first kappa shape index (κ1) is 11.6. The van der Waals surface area contributed by atoms with Crippen LogP contribution in [-0.4, -0.2) is 18.5 Å². The maximum absolute atomic E-state index is 11.2. The second-order valence-corrected chi connectivity index (χ2v) is 3.75. The monoisotopic (exact) mass is 172 g/mol. The van der Waals surface area contributed by atoms with Gasteiger partial charge in [0, 0.05) is 20.0 Å². The van der Waals surface area contributed by atoms with Crippen molar-refractivity contribution in [1.82, 2.24) is 0 Å². The van der Waals surface area contributed by atoms with Gasteiger partial charge in [0.15, 0.2) is 0 Å². The second-order valence-electron chi connectivity index (χ2n) is 3.75. The van der Waals surface area contributed by atoms with Crippen LogP contribution in [0.1, 0.15) is 46.5 Å². The number of rotatable bonds is 6. The van der Waals surface area contributed by atoms with Crippen molar-refractivity contribution in [1.29, 1.82) is 0 Å². The number of ketones is 1. The van der Waals surface area contributed by atoms with Crippen LogP contribution in [-0.2, 0) is 9.53 Å². The number of carbonyl (C=O) groups is 1. The van der Waals surface area contributed by atoms with Crippen LogP contribution in [0.4, 0.5) is 0 Å². The Morgan fingerprint density at radius 2 is 1.92 bits per heavy atom. The lowest BCUT2D eigenvalue weighted by Gasteiger charge is -2.22. The summed E-state index contributed by atoms with van der Waals surface area (Å²) in [6.07, 6.45) is 3.13. The Labute approximate surface area is 75.3 Å². The molecule has 0 N–H and O–H groups in total. The molecule has 0 rings (SSSR count). The normalized spacial score (nSPS) is 11.7. The second kappa shape index (κ2) is 5.31. The van der Waals surface area contributed by atoms with Gasteiger partial charge in [-0.15, -0.1) is 0 Å². The van der Waals surface area contributed by atoms with Crippen molar-refractivity contribution in [3.8, 4) is 0 Å². The van der Waals surface area contributed by atoms with Crippen LogP contribution >= 0.6 is 0 Å². The zero-order valence-corrected chi connectivity index (χ0v) is 8.64. The Hall–Kier alpha value is -0.370. The summed E-state index contributed by atoms with van der Waals surface area (Å²) in [5.74, 6) is 0.350. The third-order valence-electron chi connectivity index (χ3n) is 2.09. The molecule has 0 aromatic rings. The fourth-order valence-corrected chi connectivity index (χ4v) is 0.946. The molecule has 0 heterocycles. The number of hydrogen-bond donors (Lipinski definition) is 0. The summed E-state index contributed by atoms with van der Waals surface area (Å²) in [6, 6.07) is 0. The first-order valence-electron chi connectivity index (χ1n) is 4.58. The van der Waals surface area contributed by atoms with Crippen LogP contribution < -0.4 is 0 Å². The highest BCUT2D eigenvalue weighted by Crippen LogP contribution is 2.16. The minimum absolute atomic E-state index is 0.149. The van der Waals surface area contributed by atoms with Gasteiger partial charge in [0.1, 0.15) is 5.78 Å². The largest absolute Gasteiger partial charge is 0.379 e. The molecule has 0 aromatic heterocycles. The van der Waals surface area contributed by atoms with Gasteiger partial charge in [0.2, 0.25) is 0 Å². The summed E-state index contributed by atoms with van der Waals surface area (Å²) in [5, 5.41) is 0. The topological polar surface area (TPSA) is 26.3 Å². The molecule has 0 unspecified atom stereocenters. The molecule has 2 heteroatoms. The molecule has 0 aliphatic heterocycles. The third-order valence-corrected chi connectivity index (χ3v) is 2.09. The summed E-state index contributed by atoms with van der Waals surface area (Å²) < 4.78 is 5.21. The van der Waals surface area contributed by atoms with Gasteiger partial charge in [0.25, 0.3) is 0 Å². The Morgan fingerprint density at radius 3 is 2.33 bits per heavy atom.